The van der Waals surface area contributed by atoms with E-state index in [2.05, 4.69) is 0 Å². The topological polar surface area (TPSA) is 89.8 Å². The molecule has 0 N–H and O–H groups in total. The zero-order chi connectivity index (χ0) is 19.8. The van der Waals surface area contributed by atoms with Crippen LogP contribution in [0, 0.1) is 28.9 Å². The number of carbonyl (C=O) groups excluding carboxylic acids is 2. The first kappa shape index (κ1) is 18.2. The zero-order valence-corrected chi connectivity index (χ0v) is 15.5. The minimum atomic E-state index is -0.552. The van der Waals surface area contributed by atoms with E-state index in [1.165, 1.54) is 18.2 Å². The summed E-state index contributed by atoms with van der Waals surface area (Å²) in [4.78, 5) is 37.6. The first-order valence-electron chi connectivity index (χ1n) is 9.36. The van der Waals surface area contributed by atoms with Crippen molar-refractivity contribution in [2.24, 2.45) is 11.8 Å². The van der Waals surface area contributed by atoms with E-state index >= 15 is 0 Å². The van der Waals surface area contributed by atoms with Crippen LogP contribution in [-0.2, 0) is 9.59 Å². The summed E-state index contributed by atoms with van der Waals surface area (Å²) in [5, 5.41) is 11.4. The van der Waals surface area contributed by atoms with E-state index in [1.807, 2.05) is 19.1 Å². The summed E-state index contributed by atoms with van der Waals surface area (Å²) in [6.45, 7) is 1.94. The van der Waals surface area contributed by atoms with E-state index in [-0.39, 0.29) is 40.8 Å². The van der Waals surface area contributed by atoms with Crippen LogP contribution in [0.25, 0.3) is 0 Å². The van der Waals surface area contributed by atoms with E-state index in [4.69, 9.17) is 4.74 Å². The lowest BCUT2D eigenvalue weighted by Crippen LogP contribution is -2.30. The molecule has 1 saturated heterocycles. The van der Waals surface area contributed by atoms with E-state index in [0.29, 0.717) is 18.6 Å². The van der Waals surface area contributed by atoms with Crippen molar-refractivity contribution in [2.45, 2.75) is 32.6 Å². The molecular weight excluding hydrogens is 360 g/mol. The van der Waals surface area contributed by atoms with Gasteiger partial charge in [-0.3, -0.25) is 19.7 Å². The van der Waals surface area contributed by atoms with Crippen LogP contribution in [-0.4, -0.2) is 16.7 Å². The Morgan fingerprint density at radius 3 is 2.14 bits per heavy atom. The first-order valence-corrected chi connectivity index (χ1v) is 9.36. The number of rotatable bonds is 4. The predicted octanol–water partition coefficient (Wildman–Crippen LogP) is 4.38. The van der Waals surface area contributed by atoms with Gasteiger partial charge >= 0.3 is 0 Å². The second kappa shape index (κ2) is 7.07. The molecule has 7 nitrogen and oxygen atoms in total. The van der Waals surface area contributed by atoms with Crippen molar-refractivity contribution >= 4 is 23.2 Å². The number of carbonyl (C=O) groups is 2. The lowest BCUT2D eigenvalue weighted by Gasteiger charge is -2.19. The molecule has 1 aliphatic heterocycles. The average Bonchev–Trinajstić information content (AvgIpc) is 2.94. The third kappa shape index (κ3) is 3.24. The minimum absolute atomic E-state index is 0.195. The lowest BCUT2D eigenvalue weighted by atomic mass is 9.81. The molecule has 144 valence electrons. The number of nitro benzene ring substituents is 1. The van der Waals surface area contributed by atoms with Gasteiger partial charge in [0.1, 0.15) is 11.5 Å². The van der Waals surface area contributed by atoms with Crippen molar-refractivity contribution < 1.29 is 19.2 Å². The smallest absolute Gasteiger partial charge is 0.275 e. The number of benzene rings is 2. The minimum Gasteiger partial charge on any atom is -0.457 e. The molecule has 28 heavy (non-hydrogen) atoms. The highest BCUT2D eigenvalue weighted by Gasteiger charge is 2.49. The van der Waals surface area contributed by atoms with Gasteiger partial charge in [0.25, 0.3) is 5.69 Å². The number of ether oxygens (including phenoxy) is 1. The Kier molecular flexibility index (Phi) is 4.58. The number of nitro groups is 1. The van der Waals surface area contributed by atoms with Gasteiger partial charge in [0.2, 0.25) is 11.8 Å². The highest BCUT2D eigenvalue weighted by Crippen LogP contribution is 2.42. The molecule has 2 atom stereocenters. The summed E-state index contributed by atoms with van der Waals surface area (Å²) in [6.07, 6.45) is 3.22. The van der Waals surface area contributed by atoms with Crippen LogP contribution in [0.3, 0.4) is 0 Å². The van der Waals surface area contributed by atoms with Crippen molar-refractivity contribution in [3.05, 3.63) is 58.1 Å². The molecule has 2 fully saturated rings. The number of fused-ring (bicyclic) bond motifs is 1. The normalized spacial score (nSPS) is 21.5. The van der Waals surface area contributed by atoms with Crippen LogP contribution in [0.2, 0.25) is 0 Å². The van der Waals surface area contributed by atoms with Gasteiger partial charge in [0.05, 0.1) is 28.5 Å². The Hall–Kier alpha value is -3.22. The molecule has 4 rings (SSSR count). The molecule has 0 bridgehead atoms. The van der Waals surface area contributed by atoms with Gasteiger partial charge in [-0.25, -0.2) is 4.90 Å². The number of non-ortho nitro benzene ring substituents is 1. The quantitative estimate of drug-likeness (QED) is 0.446. The maximum absolute atomic E-state index is 12.8. The summed E-state index contributed by atoms with van der Waals surface area (Å²) in [5.41, 5.74) is 1.03. The van der Waals surface area contributed by atoms with Crippen LogP contribution in [0.4, 0.5) is 11.4 Å². The van der Waals surface area contributed by atoms with Crippen molar-refractivity contribution in [3.63, 3.8) is 0 Å². The number of amides is 2. The number of aryl methyl sites for hydroxylation is 1. The fraction of sp³-hybridized carbons (Fsp3) is 0.333. The molecule has 0 spiro atoms. The predicted molar refractivity (Wildman–Crippen MR) is 102 cm³/mol. The standard InChI is InChI=1S/C21H20N2O5/c1-13-6-8-16(9-7-13)28-17-11-14(10-15(12-17)23(26)27)22-20(24)18-4-2-3-5-19(18)21(22)25/h6-12,18-19H,2-5H2,1H3/t18-,19+. The van der Waals surface area contributed by atoms with Gasteiger partial charge in [-0.15, -0.1) is 0 Å². The van der Waals surface area contributed by atoms with E-state index < -0.39 is 4.92 Å². The summed E-state index contributed by atoms with van der Waals surface area (Å²) >= 11 is 0. The largest absolute Gasteiger partial charge is 0.457 e. The van der Waals surface area contributed by atoms with Crippen LogP contribution >= 0.6 is 0 Å². The molecule has 2 amide bonds. The Morgan fingerprint density at radius 2 is 1.57 bits per heavy atom. The van der Waals surface area contributed by atoms with E-state index in [9.17, 15) is 19.7 Å². The Labute approximate surface area is 162 Å². The number of hydrogen-bond acceptors (Lipinski definition) is 5. The van der Waals surface area contributed by atoms with E-state index in [0.717, 1.165) is 23.3 Å². The maximum atomic E-state index is 12.8. The second-order valence-electron chi connectivity index (χ2n) is 7.37. The van der Waals surface area contributed by atoms with Gasteiger partial charge < -0.3 is 4.74 Å². The summed E-state index contributed by atoms with van der Waals surface area (Å²) in [7, 11) is 0. The van der Waals surface area contributed by atoms with Crippen LogP contribution in [0.15, 0.2) is 42.5 Å². The van der Waals surface area contributed by atoms with Gasteiger partial charge in [-0.05, 0) is 31.9 Å². The fourth-order valence-electron chi connectivity index (χ4n) is 4.02. The molecule has 1 saturated carbocycles. The third-order valence-electron chi connectivity index (χ3n) is 5.44. The number of hydrogen-bond donors (Lipinski definition) is 0. The highest BCUT2D eigenvalue weighted by molar-refractivity contribution is 6.22. The SMILES string of the molecule is Cc1ccc(Oc2cc(N3C(=O)[C@H]4CCCC[C@H]4C3=O)cc([N+](=O)[O-])c2)cc1. The van der Waals surface area contributed by atoms with Crippen molar-refractivity contribution in [1.29, 1.82) is 0 Å². The van der Waals surface area contributed by atoms with Crippen LogP contribution in [0.1, 0.15) is 31.2 Å². The average molecular weight is 380 g/mol. The Balaban J connectivity index is 1.71. The van der Waals surface area contributed by atoms with Crippen molar-refractivity contribution in [3.8, 4) is 11.5 Å². The molecule has 0 radical (unpaired) electrons. The first-order chi connectivity index (χ1) is 13.4. The Bertz CT molecular complexity index is 930. The van der Waals surface area contributed by atoms with Crippen LogP contribution in [0.5, 0.6) is 11.5 Å². The molecule has 7 heteroatoms. The van der Waals surface area contributed by atoms with Crippen LogP contribution < -0.4 is 9.64 Å². The van der Waals surface area contributed by atoms with Crippen molar-refractivity contribution in [2.75, 3.05) is 4.90 Å². The number of imide groups is 1. The fourth-order valence-corrected chi connectivity index (χ4v) is 4.02. The summed E-state index contributed by atoms with van der Waals surface area (Å²) < 4.78 is 5.76. The molecule has 0 aromatic heterocycles. The van der Waals surface area contributed by atoms with Gasteiger partial charge in [0.15, 0.2) is 0 Å². The van der Waals surface area contributed by atoms with E-state index in [1.54, 1.807) is 12.1 Å². The number of anilines is 1. The van der Waals surface area contributed by atoms with Gasteiger partial charge in [-0.2, -0.15) is 0 Å². The van der Waals surface area contributed by atoms with Crippen molar-refractivity contribution in [1.82, 2.24) is 0 Å². The summed E-state index contributed by atoms with van der Waals surface area (Å²) in [5.74, 6) is -0.440. The second-order valence-corrected chi connectivity index (χ2v) is 7.37. The zero-order valence-electron chi connectivity index (χ0n) is 15.5. The molecule has 0 unspecified atom stereocenters. The molecular formula is C21H20N2O5. The third-order valence-corrected chi connectivity index (χ3v) is 5.44. The number of nitrogens with zero attached hydrogens (tertiary/aromatic N) is 2. The molecule has 2 aromatic carbocycles. The maximum Gasteiger partial charge on any atom is 0.275 e. The molecule has 2 aromatic rings. The van der Waals surface area contributed by atoms with Gasteiger partial charge in [-0.1, -0.05) is 30.5 Å². The van der Waals surface area contributed by atoms with Gasteiger partial charge in [0, 0.05) is 12.1 Å². The lowest BCUT2D eigenvalue weighted by molar-refractivity contribution is -0.384. The monoisotopic (exact) mass is 380 g/mol. The Morgan fingerprint density at radius 1 is 0.964 bits per heavy atom. The summed E-state index contributed by atoms with van der Waals surface area (Å²) in [6, 6.07) is 11.3. The molecule has 1 heterocycles. The molecule has 2 aliphatic rings. The highest BCUT2D eigenvalue weighted by atomic mass is 16.6. The molecule has 1 aliphatic carbocycles.